The maximum atomic E-state index is 9.03. The summed E-state index contributed by atoms with van der Waals surface area (Å²) in [6.45, 7) is 6.84. The number of hydrogen-bond acceptors (Lipinski definition) is 4. The van der Waals surface area contributed by atoms with E-state index in [-0.39, 0.29) is 5.54 Å². The van der Waals surface area contributed by atoms with Crippen LogP contribution in [0, 0.1) is 11.3 Å². The van der Waals surface area contributed by atoms with Gasteiger partial charge in [-0.3, -0.25) is 5.32 Å². The molecule has 0 rings (SSSR count). The van der Waals surface area contributed by atoms with E-state index >= 15 is 0 Å². The van der Waals surface area contributed by atoms with Crippen LogP contribution in [0.5, 0.6) is 0 Å². The molecule has 0 saturated carbocycles. The molecule has 1 unspecified atom stereocenters. The van der Waals surface area contributed by atoms with Gasteiger partial charge in [-0.15, -0.1) is 0 Å². The minimum absolute atomic E-state index is 0.388. The second kappa shape index (κ2) is 9.59. The van der Waals surface area contributed by atoms with Gasteiger partial charge in [0.25, 0.3) is 0 Å². The van der Waals surface area contributed by atoms with Gasteiger partial charge in [0, 0.05) is 13.7 Å². The van der Waals surface area contributed by atoms with Crippen molar-refractivity contribution in [1.29, 1.82) is 5.26 Å². The molecule has 0 aliphatic heterocycles. The number of rotatable bonds is 10. The second-order valence-corrected chi connectivity index (χ2v) is 4.04. The van der Waals surface area contributed by atoms with Gasteiger partial charge < -0.3 is 9.47 Å². The highest BCUT2D eigenvalue weighted by Gasteiger charge is 2.20. The summed E-state index contributed by atoms with van der Waals surface area (Å²) < 4.78 is 10.2. The quantitative estimate of drug-likeness (QED) is 0.578. The molecular formula is C12H24N2O2. The number of hydrogen-bond donors (Lipinski definition) is 1. The molecule has 0 amide bonds. The van der Waals surface area contributed by atoms with E-state index in [1.165, 1.54) is 0 Å². The van der Waals surface area contributed by atoms with Crippen molar-refractivity contribution in [2.75, 3.05) is 33.5 Å². The maximum absolute atomic E-state index is 9.03. The second-order valence-electron chi connectivity index (χ2n) is 4.04. The average molecular weight is 228 g/mol. The Morgan fingerprint density at radius 1 is 1.25 bits per heavy atom. The fraction of sp³-hybridized carbons (Fsp3) is 0.917. The molecule has 4 heteroatoms. The van der Waals surface area contributed by atoms with Crippen LogP contribution in [0.4, 0.5) is 0 Å². The monoisotopic (exact) mass is 228 g/mol. The molecule has 94 valence electrons. The summed E-state index contributed by atoms with van der Waals surface area (Å²) in [5.41, 5.74) is -0.388. The molecule has 0 aliphatic rings. The topological polar surface area (TPSA) is 54.3 Å². The molecule has 0 aromatic heterocycles. The van der Waals surface area contributed by atoms with Gasteiger partial charge >= 0.3 is 0 Å². The molecule has 0 fully saturated rings. The predicted molar refractivity (Wildman–Crippen MR) is 64.2 cm³/mol. The van der Waals surface area contributed by atoms with Crippen LogP contribution in [-0.2, 0) is 9.47 Å². The van der Waals surface area contributed by atoms with E-state index in [4.69, 9.17) is 14.7 Å². The Balaban J connectivity index is 3.46. The molecule has 1 atom stereocenters. The molecule has 0 radical (unpaired) electrons. The molecule has 4 nitrogen and oxygen atoms in total. The highest BCUT2D eigenvalue weighted by atomic mass is 16.5. The summed E-state index contributed by atoms with van der Waals surface area (Å²) in [4.78, 5) is 0. The molecule has 0 aliphatic carbocycles. The molecule has 0 heterocycles. The summed E-state index contributed by atoms with van der Waals surface area (Å²) >= 11 is 0. The SMILES string of the molecule is CCNC(C)(C#N)CCCCOCCOC. The van der Waals surface area contributed by atoms with Crippen LogP contribution in [0.2, 0.25) is 0 Å². The summed E-state index contributed by atoms with van der Waals surface area (Å²) in [5.74, 6) is 0. The van der Waals surface area contributed by atoms with Crippen molar-refractivity contribution >= 4 is 0 Å². The Labute approximate surface area is 98.9 Å². The lowest BCUT2D eigenvalue weighted by Crippen LogP contribution is -2.40. The summed E-state index contributed by atoms with van der Waals surface area (Å²) in [6, 6.07) is 2.32. The van der Waals surface area contributed by atoms with Crippen molar-refractivity contribution in [3.8, 4) is 6.07 Å². The van der Waals surface area contributed by atoms with Crippen molar-refractivity contribution < 1.29 is 9.47 Å². The molecular weight excluding hydrogens is 204 g/mol. The number of nitrogens with zero attached hydrogens (tertiary/aromatic N) is 1. The first-order valence-electron chi connectivity index (χ1n) is 5.91. The van der Waals surface area contributed by atoms with E-state index < -0.39 is 0 Å². The standard InChI is InChI=1S/C12H24N2O2/c1-4-14-12(2,11-13)7-5-6-8-16-10-9-15-3/h14H,4-10H2,1-3H3. The van der Waals surface area contributed by atoms with Crippen molar-refractivity contribution in [1.82, 2.24) is 5.32 Å². The molecule has 1 N–H and O–H groups in total. The number of unbranched alkanes of at least 4 members (excludes halogenated alkanes) is 1. The van der Waals surface area contributed by atoms with Crippen molar-refractivity contribution in [2.24, 2.45) is 0 Å². The van der Waals surface area contributed by atoms with Gasteiger partial charge in [-0.1, -0.05) is 6.92 Å². The highest BCUT2D eigenvalue weighted by molar-refractivity contribution is 5.03. The van der Waals surface area contributed by atoms with Crippen LogP contribution in [0.1, 0.15) is 33.1 Å². The first-order valence-corrected chi connectivity index (χ1v) is 5.91. The van der Waals surface area contributed by atoms with Crippen LogP contribution in [0.3, 0.4) is 0 Å². The third kappa shape index (κ3) is 7.63. The zero-order chi connectivity index (χ0) is 12.3. The van der Waals surface area contributed by atoms with Crippen molar-refractivity contribution in [3.63, 3.8) is 0 Å². The van der Waals surface area contributed by atoms with E-state index in [1.54, 1.807) is 7.11 Å². The summed E-state index contributed by atoms with van der Waals surface area (Å²) in [5, 5.41) is 12.2. The average Bonchev–Trinajstić information content (AvgIpc) is 2.28. The van der Waals surface area contributed by atoms with Crippen LogP contribution in [0.25, 0.3) is 0 Å². The minimum atomic E-state index is -0.388. The largest absolute Gasteiger partial charge is 0.382 e. The Morgan fingerprint density at radius 2 is 2.00 bits per heavy atom. The van der Waals surface area contributed by atoms with E-state index in [0.717, 1.165) is 32.4 Å². The molecule has 0 spiro atoms. The Bertz CT molecular complexity index is 204. The minimum Gasteiger partial charge on any atom is -0.382 e. The smallest absolute Gasteiger partial charge is 0.103 e. The number of methoxy groups -OCH3 is 1. The zero-order valence-corrected chi connectivity index (χ0v) is 10.7. The molecule has 0 bridgehead atoms. The van der Waals surface area contributed by atoms with Gasteiger partial charge in [0.05, 0.1) is 19.3 Å². The Kier molecular flexibility index (Phi) is 9.21. The van der Waals surface area contributed by atoms with Crippen molar-refractivity contribution in [2.45, 2.75) is 38.6 Å². The molecule has 16 heavy (non-hydrogen) atoms. The Hall–Kier alpha value is -0.630. The molecule has 0 saturated heterocycles. The normalized spacial score (nSPS) is 14.4. The van der Waals surface area contributed by atoms with Crippen LogP contribution < -0.4 is 5.32 Å². The maximum Gasteiger partial charge on any atom is 0.103 e. The van der Waals surface area contributed by atoms with E-state index in [1.807, 2.05) is 13.8 Å². The van der Waals surface area contributed by atoms with Gasteiger partial charge in [-0.2, -0.15) is 5.26 Å². The lowest BCUT2D eigenvalue weighted by molar-refractivity contribution is 0.0681. The van der Waals surface area contributed by atoms with Gasteiger partial charge in [0.2, 0.25) is 0 Å². The van der Waals surface area contributed by atoms with Gasteiger partial charge in [-0.25, -0.2) is 0 Å². The summed E-state index contributed by atoms with van der Waals surface area (Å²) in [6.07, 6.45) is 2.86. The predicted octanol–water partition coefficient (Wildman–Crippen LogP) is 1.71. The molecule has 0 aromatic carbocycles. The Morgan fingerprint density at radius 3 is 2.56 bits per heavy atom. The van der Waals surface area contributed by atoms with E-state index in [2.05, 4.69) is 11.4 Å². The first kappa shape index (κ1) is 15.4. The fourth-order valence-corrected chi connectivity index (χ4v) is 1.50. The number of ether oxygens (including phenoxy) is 2. The van der Waals surface area contributed by atoms with Crippen molar-refractivity contribution in [3.05, 3.63) is 0 Å². The molecule has 0 aromatic rings. The van der Waals surface area contributed by atoms with Crippen LogP contribution in [-0.4, -0.2) is 39.0 Å². The van der Waals surface area contributed by atoms with Gasteiger partial charge in [-0.05, 0) is 32.7 Å². The van der Waals surface area contributed by atoms with Gasteiger partial charge in [0.1, 0.15) is 5.54 Å². The van der Waals surface area contributed by atoms with Gasteiger partial charge in [0.15, 0.2) is 0 Å². The summed E-state index contributed by atoms with van der Waals surface area (Å²) in [7, 11) is 1.66. The number of nitrogens with one attached hydrogen (secondary N) is 1. The third-order valence-electron chi connectivity index (χ3n) is 2.46. The lowest BCUT2D eigenvalue weighted by Gasteiger charge is -2.22. The van der Waals surface area contributed by atoms with Crippen LogP contribution in [0.15, 0.2) is 0 Å². The van der Waals surface area contributed by atoms with E-state index in [0.29, 0.717) is 13.2 Å². The third-order valence-corrected chi connectivity index (χ3v) is 2.46. The number of nitriles is 1. The fourth-order valence-electron chi connectivity index (χ4n) is 1.50. The highest BCUT2D eigenvalue weighted by Crippen LogP contribution is 2.12. The van der Waals surface area contributed by atoms with E-state index in [9.17, 15) is 0 Å². The lowest BCUT2D eigenvalue weighted by atomic mass is 9.97. The van der Waals surface area contributed by atoms with Crippen LogP contribution >= 0.6 is 0 Å². The first-order chi connectivity index (χ1) is 7.68. The zero-order valence-electron chi connectivity index (χ0n) is 10.7.